The van der Waals surface area contributed by atoms with Gasteiger partial charge in [-0.1, -0.05) is 127 Å². The SMILES string of the molecule is Fc1ccc(-c2ccc(-n3c4ccccc4c4ccc(-n5c6ccccc6c6ccccc65)cc43)c(-c3nc(-c4ccccc4)nc(-c4ccccc4)n3)c2)c(F)c1. The monoisotopic (exact) mass is 751 g/mol. The average molecular weight is 752 g/mol. The molecule has 0 saturated heterocycles. The van der Waals surface area contributed by atoms with Crippen molar-refractivity contribution in [3.05, 3.63) is 200 Å². The van der Waals surface area contributed by atoms with Gasteiger partial charge in [0.05, 0.1) is 27.8 Å². The van der Waals surface area contributed by atoms with E-state index in [9.17, 15) is 4.39 Å². The first-order chi connectivity index (χ1) is 28.6. The van der Waals surface area contributed by atoms with Crippen LogP contribution in [0.2, 0.25) is 0 Å². The maximum Gasteiger partial charge on any atom is 0.166 e. The van der Waals surface area contributed by atoms with Crippen LogP contribution in [0.25, 0.3) is 100 Å². The first-order valence-corrected chi connectivity index (χ1v) is 19.1. The second-order valence-corrected chi connectivity index (χ2v) is 14.3. The summed E-state index contributed by atoms with van der Waals surface area (Å²) in [7, 11) is 0. The molecule has 11 aromatic rings. The van der Waals surface area contributed by atoms with Gasteiger partial charge in [0, 0.05) is 55.6 Å². The smallest absolute Gasteiger partial charge is 0.166 e. The van der Waals surface area contributed by atoms with Crippen LogP contribution in [0.3, 0.4) is 0 Å². The normalized spacial score (nSPS) is 11.6. The lowest BCUT2D eigenvalue weighted by molar-refractivity contribution is 0.585. The van der Waals surface area contributed by atoms with E-state index in [1.165, 1.54) is 22.9 Å². The predicted molar refractivity (Wildman–Crippen MR) is 230 cm³/mol. The molecule has 5 nitrogen and oxygen atoms in total. The molecule has 0 radical (unpaired) electrons. The molecule has 274 valence electrons. The molecule has 0 saturated carbocycles. The van der Waals surface area contributed by atoms with Crippen LogP contribution in [0.1, 0.15) is 0 Å². The van der Waals surface area contributed by atoms with E-state index in [0.29, 0.717) is 28.6 Å². The van der Waals surface area contributed by atoms with Gasteiger partial charge < -0.3 is 9.13 Å². The highest BCUT2D eigenvalue weighted by Crippen LogP contribution is 2.40. The summed E-state index contributed by atoms with van der Waals surface area (Å²) in [6.07, 6.45) is 0. The van der Waals surface area contributed by atoms with Gasteiger partial charge in [-0.25, -0.2) is 23.7 Å². The van der Waals surface area contributed by atoms with Crippen LogP contribution in [0.15, 0.2) is 188 Å². The highest BCUT2D eigenvalue weighted by molar-refractivity contribution is 6.12. The molecule has 0 aliphatic rings. The predicted octanol–water partition coefficient (Wildman–Crippen LogP) is 13.0. The van der Waals surface area contributed by atoms with Crippen LogP contribution >= 0.6 is 0 Å². The maximum absolute atomic E-state index is 15.5. The van der Waals surface area contributed by atoms with Crippen molar-refractivity contribution in [3.63, 3.8) is 0 Å². The third kappa shape index (κ3) is 5.47. The lowest BCUT2D eigenvalue weighted by Gasteiger charge is -2.17. The Kier molecular flexibility index (Phi) is 7.79. The highest BCUT2D eigenvalue weighted by atomic mass is 19.1. The summed E-state index contributed by atoms with van der Waals surface area (Å²) in [5.41, 5.74) is 9.14. The number of hydrogen-bond donors (Lipinski definition) is 0. The topological polar surface area (TPSA) is 48.5 Å². The van der Waals surface area contributed by atoms with Crippen LogP contribution in [0.5, 0.6) is 0 Å². The average Bonchev–Trinajstić information content (AvgIpc) is 3.79. The maximum atomic E-state index is 15.5. The van der Waals surface area contributed by atoms with Crippen molar-refractivity contribution in [2.75, 3.05) is 0 Å². The van der Waals surface area contributed by atoms with Crippen LogP contribution in [-0.4, -0.2) is 24.1 Å². The van der Waals surface area contributed by atoms with Crippen LogP contribution < -0.4 is 0 Å². The van der Waals surface area contributed by atoms with Gasteiger partial charge in [0.1, 0.15) is 11.6 Å². The molecule has 0 atom stereocenters. The first-order valence-electron chi connectivity index (χ1n) is 19.1. The summed E-state index contributed by atoms with van der Waals surface area (Å²) >= 11 is 0. The van der Waals surface area contributed by atoms with Crippen molar-refractivity contribution >= 4 is 43.6 Å². The molecule has 0 bridgehead atoms. The van der Waals surface area contributed by atoms with Gasteiger partial charge in [0.25, 0.3) is 0 Å². The highest BCUT2D eigenvalue weighted by Gasteiger charge is 2.22. The minimum absolute atomic E-state index is 0.269. The van der Waals surface area contributed by atoms with E-state index in [2.05, 4.69) is 94.1 Å². The Bertz CT molecular complexity index is 3260. The second-order valence-electron chi connectivity index (χ2n) is 14.3. The summed E-state index contributed by atoms with van der Waals surface area (Å²) in [6.45, 7) is 0. The zero-order chi connectivity index (χ0) is 38.7. The van der Waals surface area contributed by atoms with Gasteiger partial charge in [0.15, 0.2) is 17.5 Å². The van der Waals surface area contributed by atoms with Gasteiger partial charge in [-0.2, -0.15) is 0 Å². The second kappa shape index (κ2) is 13.5. The Hall–Kier alpha value is -7.77. The Morgan fingerprint density at radius 3 is 1.45 bits per heavy atom. The summed E-state index contributed by atoms with van der Waals surface area (Å²) in [5, 5.41) is 4.52. The van der Waals surface area contributed by atoms with E-state index in [1.807, 2.05) is 84.9 Å². The van der Waals surface area contributed by atoms with Crippen molar-refractivity contribution in [2.24, 2.45) is 0 Å². The fourth-order valence-electron chi connectivity index (χ4n) is 8.29. The molecule has 3 heterocycles. The third-order valence-electron chi connectivity index (χ3n) is 10.9. The van der Waals surface area contributed by atoms with E-state index in [1.54, 1.807) is 0 Å². The summed E-state index contributed by atoms with van der Waals surface area (Å²) in [6, 6.07) is 61.0. The van der Waals surface area contributed by atoms with Crippen LogP contribution in [-0.2, 0) is 0 Å². The lowest BCUT2D eigenvalue weighted by Crippen LogP contribution is -2.04. The number of para-hydroxylation sites is 3. The molecule has 0 aliphatic heterocycles. The van der Waals surface area contributed by atoms with Crippen molar-refractivity contribution in [3.8, 4) is 56.7 Å². The molecule has 0 fully saturated rings. The molecule has 0 unspecified atom stereocenters. The molecule has 3 aromatic heterocycles. The lowest BCUT2D eigenvalue weighted by atomic mass is 10.00. The number of nitrogens with zero attached hydrogens (tertiary/aromatic N) is 5. The number of hydrogen-bond acceptors (Lipinski definition) is 3. The summed E-state index contributed by atoms with van der Waals surface area (Å²) in [5.74, 6) is 0.128. The molecular formula is C51H31F2N5. The molecule has 11 rings (SSSR count). The largest absolute Gasteiger partial charge is 0.309 e. The molecule has 7 heteroatoms. The van der Waals surface area contributed by atoms with Gasteiger partial charge in [-0.3, -0.25) is 0 Å². The molecule has 0 aliphatic carbocycles. The van der Waals surface area contributed by atoms with Crippen LogP contribution in [0, 0.1) is 11.6 Å². The molecule has 0 spiro atoms. The van der Waals surface area contributed by atoms with E-state index in [0.717, 1.165) is 61.4 Å². The van der Waals surface area contributed by atoms with Crippen molar-refractivity contribution in [2.45, 2.75) is 0 Å². The number of halogens is 2. The molecule has 0 N–H and O–H groups in total. The third-order valence-corrected chi connectivity index (χ3v) is 10.9. The number of aromatic nitrogens is 5. The Morgan fingerprint density at radius 2 is 0.862 bits per heavy atom. The van der Waals surface area contributed by atoms with Gasteiger partial charge in [0.2, 0.25) is 0 Å². The number of fused-ring (bicyclic) bond motifs is 6. The number of rotatable bonds is 6. The summed E-state index contributed by atoms with van der Waals surface area (Å²) in [4.78, 5) is 15.2. The molecule has 0 amide bonds. The van der Waals surface area contributed by atoms with Crippen molar-refractivity contribution in [1.82, 2.24) is 24.1 Å². The zero-order valence-corrected chi connectivity index (χ0v) is 30.9. The van der Waals surface area contributed by atoms with Crippen LogP contribution in [0.4, 0.5) is 8.78 Å². The Morgan fingerprint density at radius 1 is 0.345 bits per heavy atom. The van der Waals surface area contributed by atoms with Crippen molar-refractivity contribution in [1.29, 1.82) is 0 Å². The van der Waals surface area contributed by atoms with Gasteiger partial charge in [-0.05, 0) is 60.2 Å². The first kappa shape index (κ1) is 33.6. The zero-order valence-electron chi connectivity index (χ0n) is 30.9. The fraction of sp³-hybridized carbons (Fsp3) is 0. The fourth-order valence-corrected chi connectivity index (χ4v) is 8.29. The van der Waals surface area contributed by atoms with E-state index < -0.39 is 11.6 Å². The minimum atomic E-state index is -0.656. The van der Waals surface area contributed by atoms with Crippen molar-refractivity contribution < 1.29 is 8.78 Å². The van der Waals surface area contributed by atoms with E-state index in [4.69, 9.17) is 15.0 Å². The summed E-state index contributed by atoms with van der Waals surface area (Å²) < 4.78 is 34.3. The van der Waals surface area contributed by atoms with Gasteiger partial charge in [-0.15, -0.1) is 0 Å². The minimum Gasteiger partial charge on any atom is -0.309 e. The standard InChI is InChI=1S/C51H31F2N5/c52-35-24-26-37(43(53)30-35)34-23-28-47(42(29-34)51-55-49(32-13-3-1-4-14-32)54-50(56-51)33-15-5-2-6-16-33)58-46-22-12-9-19-40(46)41-27-25-36(31-48(41)58)57-44-20-10-7-17-38(44)39-18-8-11-21-45(39)57/h1-31H. The van der Waals surface area contributed by atoms with E-state index >= 15 is 4.39 Å². The quantitative estimate of drug-likeness (QED) is 0.170. The van der Waals surface area contributed by atoms with E-state index in [-0.39, 0.29) is 5.56 Å². The number of benzene rings is 8. The van der Waals surface area contributed by atoms with Gasteiger partial charge >= 0.3 is 0 Å². The Balaban J connectivity index is 1.22. The molecule has 8 aromatic carbocycles. The Labute approximate surface area is 331 Å². The molecular weight excluding hydrogens is 721 g/mol. The molecule has 58 heavy (non-hydrogen) atoms.